The first kappa shape index (κ1) is 11.6. The van der Waals surface area contributed by atoms with E-state index in [0.717, 1.165) is 0 Å². The Balaban J connectivity index is 3.97. The fourth-order valence-electron chi connectivity index (χ4n) is 0.408. The van der Waals surface area contributed by atoms with Crippen molar-refractivity contribution < 1.29 is 29.9 Å². The van der Waals surface area contributed by atoms with Gasteiger partial charge in [0.2, 0.25) is 0 Å². The molecular formula is C4H5F5O2S. The number of hydrogen-bond donors (Lipinski definition) is 0. The van der Waals surface area contributed by atoms with Crippen LogP contribution in [0.4, 0.5) is 21.4 Å². The van der Waals surface area contributed by atoms with Crippen LogP contribution in [0.15, 0.2) is 0 Å². The van der Waals surface area contributed by atoms with Gasteiger partial charge in [0.15, 0.2) is 6.17 Å². The second-order valence-electron chi connectivity index (χ2n) is 2.04. The van der Waals surface area contributed by atoms with Crippen molar-refractivity contribution >= 4 is 10.2 Å². The first-order valence-electron chi connectivity index (χ1n) is 2.76. The fraction of sp³-hybridized carbons (Fsp3) is 1.00. The summed E-state index contributed by atoms with van der Waals surface area (Å²) in [5.41, 5.74) is 0. The molecule has 1 unspecified atom stereocenters. The summed E-state index contributed by atoms with van der Waals surface area (Å²) in [5.74, 6) is -1.45. The van der Waals surface area contributed by atoms with Crippen LogP contribution in [0.1, 0.15) is 6.42 Å². The summed E-state index contributed by atoms with van der Waals surface area (Å²) >= 11 is 0. The molecule has 0 heterocycles. The van der Waals surface area contributed by atoms with Gasteiger partial charge in [0, 0.05) is 6.42 Å². The third-order valence-electron chi connectivity index (χ3n) is 0.970. The lowest BCUT2D eigenvalue weighted by molar-refractivity contribution is -0.180. The molecule has 2 nitrogen and oxygen atoms in total. The minimum atomic E-state index is -5.12. The van der Waals surface area contributed by atoms with Gasteiger partial charge in [-0.1, -0.05) is 0 Å². The summed E-state index contributed by atoms with van der Waals surface area (Å²) in [5, 5.41) is 0. The molecule has 12 heavy (non-hydrogen) atoms. The van der Waals surface area contributed by atoms with Gasteiger partial charge in [0.05, 0.1) is 5.75 Å². The summed E-state index contributed by atoms with van der Waals surface area (Å²) in [6, 6.07) is 0. The van der Waals surface area contributed by atoms with E-state index in [-0.39, 0.29) is 0 Å². The summed E-state index contributed by atoms with van der Waals surface area (Å²) in [6.45, 7) is 0. The Morgan fingerprint density at radius 1 is 1.25 bits per heavy atom. The van der Waals surface area contributed by atoms with E-state index in [9.17, 15) is 29.9 Å². The highest BCUT2D eigenvalue weighted by atomic mass is 32.3. The van der Waals surface area contributed by atoms with E-state index in [1.807, 2.05) is 0 Å². The Kier molecular flexibility index (Phi) is 3.43. The first-order chi connectivity index (χ1) is 5.13. The summed E-state index contributed by atoms with van der Waals surface area (Å²) in [7, 11) is -5.02. The van der Waals surface area contributed by atoms with Gasteiger partial charge in [-0.2, -0.15) is 21.6 Å². The SMILES string of the molecule is O=S(=O)(F)CCC(F)C(F)(F)F. The second kappa shape index (κ2) is 3.55. The summed E-state index contributed by atoms with van der Waals surface area (Å²) in [6.07, 6.45) is -9.81. The molecule has 0 aromatic rings. The van der Waals surface area contributed by atoms with E-state index in [1.165, 1.54) is 0 Å². The molecule has 0 radical (unpaired) electrons. The Hall–Kier alpha value is -0.400. The molecule has 74 valence electrons. The predicted molar refractivity (Wildman–Crippen MR) is 30.5 cm³/mol. The van der Waals surface area contributed by atoms with Crippen LogP contribution in [-0.2, 0) is 10.2 Å². The summed E-state index contributed by atoms with van der Waals surface area (Å²) in [4.78, 5) is 0. The highest BCUT2D eigenvalue weighted by molar-refractivity contribution is 7.86. The van der Waals surface area contributed by atoms with Crippen LogP contribution in [-0.4, -0.2) is 26.5 Å². The van der Waals surface area contributed by atoms with Gasteiger partial charge in [-0.05, 0) is 0 Å². The van der Waals surface area contributed by atoms with Crippen molar-refractivity contribution in [1.82, 2.24) is 0 Å². The molecule has 0 aliphatic heterocycles. The maximum atomic E-state index is 11.9. The van der Waals surface area contributed by atoms with Crippen molar-refractivity contribution in [1.29, 1.82) is 0 Å². The molecule has 8 heteroatoms. The van der Waals surface area contributed by atoms with E-state index >= 15 is 0 Å². The van der Waals surface area contributed by atoms with Crippen LogP contribution in [0.25, 0.3) is 0 Å². The summed E-state index contributed by atoms with van der Waals surface area (Å²) < 4.78 is 76.8. The maximum absolute atomic E-state index is 11.9. The Labute approximate surface area is 65.6 Å². The lowest BCUT2D eigenvalue weighted by Gasteiger charge is -2.09. The molecule has 0 fully saturated rings. The standard InChI is InChI=1S/C4H5F5O2S/c5-3(4(6,7)8)1-2-12(9,10)11/h3H,1-2H2. The monoisotopic (exact) mass is 212 g/mol. The molecule has 0 spiro atoms. The lowest BCUT2D eigenvalue weighted by Crippen LogP contribution is -2.26. The van der Waals surface area contributed by atoms with Gasteiger partial charge in [-0.25, -0.2) is 4.39 Å². The highest BCUT2D eigenvalue weighted by Crippen LogP contribution is 2.25. The molecule has 0 aromatic heterocycles. The van der Waals surface area contributed by atoms with E-state index in [4.69, 9.17) is 0 Å². The molecule has 0 amide bonds. The quantitative estimate of drug-likeness (QED) is 0.525. The van der Waals surface area contributed by atoms with Crippen molar-refractivity contribution in [2.75, 3.05) is 5.75 Å². The van der Waals surface area contributed by atoms with E-state index in [1.54, 1.807) is 0 Å². The van der Waals surface area contributed by atoms with Gasteiger partial charge in [-0.15, -0.1) is 3.89 Å². The van der Waals surface area contributed by atoms with Crippen molar-refractivity contribution in [2.24, 2.45) is 0 Å². The molecule has 0 N–H and O–H groups in total. The minimum Gasteiger partial charge on any atom is -0.237 e. The zero-order chi connectivity index (χ0) is 9.99. The van der Waals surface area contributed by atoms with E-state index < -0.39 is 34.7 Å². The average Bonchev–Trinajstić information content (AvgIpc) is 1.78. The molecule has 0 aromatic carbocycles. The van der Waals surface area contributed by atoms with Gasteiger partial charge in [-0.3, -0.25) is 0 Å². The third kappa shape index (κ3) is 5.28. The van der Waals surface area contributed by atoms with Crippen molar-refractivity contribution in [2.45, 2.75) is 18.8 Å². The molecular weight excluding hydrogens is 207 g/mol. The Morgan fingerprint density at radius 2 is 1.67 bits per heavy atom. The van der Waals surface area contributed by atoms with Crippen LogP contribution in [0.3, 0.4) is 0 Å². The third-order valence-corrected chi connectivity index (χ3v) is 1.69. The van der Waals surface area contributed by atoms with Gasteiger partial charge < -0.3 is 0 Å². The largest absolute Gasteiger partial charge is 0.419 e. The highest BCUT2D eigenvalue weighted by Gasteiger charge is 2.40. The normalized spacial score (nSPS) is 16.1. The van der Waals surface area contributed by atoms with Crippen LogP contribution in [0, 0.1) is 0 Å². The Morgan fingerprint density at radius 3 is 1.92 bits per heavy atom. The smallest absolute Gasteiger partial charge is 0.237 e. The van der Waals surface area contributed by atoms with Crippen LogP contribution >= 0.6 is 0 Å². The molecule has 1 atom stereocenters. The fourth-order valence-corrected chi connectivity index (χ4v) is 0.896. The van der Waals surface area contributed by atoms with Crippen molar-refractivity contribution in [3.8, 4) is 0 Å². The maximum Gasteiger partial charge on any atom is 0.419 e. The topological polar surface area (TPSA) is 34.1 Å². The van der Waals surface area contributed by atoms with Crippen molar-refractivity contribution in [3.63, 3.8) is 0 Å². The van der Waals surface area contributed by atoms with E-state index in [2.05, 4.69) is 0 Å². The zero-order valence-electron chi connectivity index (χ0n) is 5.61. The Bertz CT molecular complexity index is 230. The van der Waals surface area contributed by atoms with Crippen LogP contribution in [0.2, 0.25) is 0 Å². The second-order valence-corrected chi connectivity index (χ2v) is 3.53. The molecule has 0 aliphatic carbocycles. The molecule has 0 saturated carbocycles. The van der Waals surface area contributed by atoms with Crippen LogP contribution < -0.4 is 0 Å². The minimum absolute atomic E-state index is 1.40. The van der Waals surface area contributed by atoms with Crippen LogP contribution in [0.5, 0.6) is 0 Å². The number of hydrogen-bond acceptors (Lipinski definition) is 2. The van der Waals surface area contributed by atoms with Gasteiger partial charge in [0.25, 0.3) is 0 Å². The van der Waals surface area contributed by atoms with Crippen molar-refractivity contribution in [3.05, 3.63) is 0 Å². The number of halogens is 5. The van der Waals surface area contributed by atoms with Gasteiger partial charge >= 0.3 is 16.4 Å². The first-order valence-corrected chi connectivity index (χ1v) is 4.31. The zero-order valence-corrected chi connectivity index (χ0v) is 6.42. The number of alkyl halides is 4. The molecule has 0 bridgehead atoms. The average molecular weight is 212 g/mol. The molecule has 0 rings (SSSR count). The number of rotatable bonds is 3. The predicted octanol–water partition coefficient (Wildman–Crippen LogP) is 1.58. The molecule has 0 saturated heterocycles. The van der Waals surface area contributed by atoms with E-state index in [0.29, 0.717) is 0 Å². The van der Waals surface area contributed by atoms with Gasteiger partial charge in [0.1, 0.15) is 0 Å². The lowest BCUT2D eigenvalue weighted by atomic mass is 10.3. The molecule has 0 aliphatic rings.